The number of nitriles is 1. The predicted molar refractivity (Wildman–Crippen MR) is 93.5 cm³/mol. The SMILES string of the molecule is CCc1ccc(CCC2CCC(C=CC=C(F)C#N)CC2)cc1. The normalized spacial score (nSPS) is 22.2. The average molecular weight is 311 g/mol. The fourth-order valence-electron chi connectivity index (χ4n) is 3.32. The smallest absolute Gasteiger partial charge is 0.195 e. The Hall–Kier alpha value is -1.88. The summed E-state index contributed by atoms with van der Waals surface area (Å²) in [7, 11) is 0. The van der Waals surface area contributed by atoms with Crippen molar-refractivity contribution in [1.82, 2.24) is 0 Å². The quantitative estimate of drug-likeness (QED) is 0.472. The van der Waals surface area contributed by atoms with Crippen molar-refractivity contribution < 1.29 is 4.39 Å². The summed E-state index contributed by atoms with van der Waals surface area (Å²) in [4.78, 5) is 0. The third-order valence-electron chi connectivity index (χ3n) is 4.90. The minimum absolute atomic E-state index is 0.540. The molecule has 0 unspecified atom stereocenters. The first-order valence-electron chi connectivity index (χ1n) is 8.73. The van der Waals surface area contributed by atoms with E-state index in [1.54, 1.807) is 6.08 Å². The number of hydrogen-bond acceptors (Lipinski definition) is 1. The lowest BCUT2D eigenvalue weighted by molar-refractivity contribution is 0.296. The maximum atomic E-state index is 12.7. The number of hydrogen-bond donors (Lipinski definition) is 0. The lowest BCUT2D eigenvalue weighted by Crippen LogP contribution is -2.13. The van der Waals surface area contributed by atoms with Crippen LogP contribution >= 0.6 is 0 Å². The van der Waals surface area contributed by atoms with E-state index in [1.165, 1.54) is 61.8 Å². The zero-order valence-electron chi connectivity index (χ0n) is 14.0. The van der Waals surface area contributed by atoms with Crippen molar-refractivity contribution in [1.29, 1.82) is 5.26 Å². The Balaban J connectivity index is 1.71. The van der Waals surface area contributed by atoms with Gasteiger partial charge in [0, 0.05) is 0 Å². The Morgan fingerprint density at radius 1 is 1.17 bits per heavy atom. The molecule has 1 saturated carbocycles. The minimum atomic E-state index is -0.718. The van der Waals surface area contributed by atoms with Crippen LogP contribution in [0.1, 0.15) is 50.2 Å². The van der Waals surface area contributed by atoms with E-state index in [0.717, 1.165) is 12.3 Å². The van der Waals surface area contributed by atoms with Crippen molar-refractivity contribution in [3.05, 3.63) is 59.4 Å². The van der Waals surface area contributed by atoms with Crippen molar-refractivity contribution in [2.75, 3.05) is 0 Å². The number of allylic oxidation sites excluding steroid dienone is 4. The molecule has 0 atom stereocenters. The molecular formula is C21H26FN. The van der Waals surface area contributed by atoms with E-state index < -0.39 is 5.83 Å². The van der Waals surface area contributed by atoms with E-state index in [4.69, 9.17) is 5.26 Å². The molecule has 2 rings (SSSR count). The molecule has 2 heteroatoms. The summed E-state index contributed by atoms with van der Waals surface area (Å²) in [5.41, 5.74) is 2.85. The average Bonchev–Trinajstić information content (AvgIpc) is 2.61. The Morgan fingerprint density at radius 3 is 2.43 bits per heavy atom. The highest BCUT2D eigenvalue weighted by molar-refractivity contribution is 5.22. The molecule has 0 spiro atoms. The molecule has 0 N–H and O–H groups in total. The zero-order valence-corrected chi connectivity index (χ0v) is 14.0. The summed E-state index contributed by atoms with van der Waals surface area (Å²) >= 11 is 0. The molecule has 1 aliphatic carbocycles. The van der Waals surface area contributed by atoms with Crippen molar-refractivity contribution >= 4 is 0 Å². The summed E-state index contributed by atoms with van der Waals surface area (Å²) in [6, 6.07) is 10.5. The monoisotopic (exact) mass is 311 g/mol. The van der Waals surface area contributed by atoms with Gasteiger partial charge in [-0.3, -0.25) is 0 Å². The van der Waals surface area contributed by atoms with Gasteiger partial charge in [-0.05, 0) is 74.0 Å². The molecule has 1 fully saturated rings. The minimum Gasteiger partial charge on any atom is -0.195 e. The summed E-state index contributed by atoms with van der Waals surface area (Å²) in [6.07, 6.45) is 13.4. The van der Waals surface area contributed by atoms with Gasteiger partial charge < -0.3 is 0 Å². The first kappa shape index (κ1) is 17.5. The molecule has 1 nitrogen and oxygen atoms in total. The maximum Gasteiger partial charge on any atom is 0.199 e. The largest absolute Gasteiger partial charge is 0.199 e. The molecule has 122 valence electrons. The number of benzene rings is 1. The Kier molecular flexibility index (Phi) is 7.07. The number of rotatable bonds is 6. The molecule has 1 aromatic rings. The van der Waals surface area contributed by atoms with Crippen LogP contribution in [0.25, 0.3) is 0 Å². The molecule has 0 heterocycles. The molecule has 1 aliphatic rings. The van der Waals surface area contributed by atoms with Crippen LogP contribution in [0.5, 0.6) is 0 Å². The molecule has 1 aromatic carbocycles. The van der Waals surface area contributed by atoms with Gasteiger partial charge in [0.1, 0.15) is 6.07 Å². The van der Waals surface area contributed by atoms with E-state index in [1.807, 2.05) is 0 Å². The van der Waals surface area contributed by atoms with Gasteiger partial charge in [0.05, 0.1) is 0 Å². The van der Waals surface area contributed by atoms with Crippen LogP contribution in [-0.4, -0.2) is 0 Å². The third-order valence-corrected chi connectivity index (χ3v) is 4.90. The molecule has 0 amide bonds. The Morgan fingerprint density at radius 2 is 1.83 bits per heavy atom. The van der Waals surface area contributed by atoms with Crippen molar-refractivity contribution in [2.45, 2.75) is 51.9 Å². The maximum absolute atomic E-state index is 12.7. The second-order valence-corrected chi connectivity index (χ2v) is 6.50. The molecule has 0 radical (unpaired) electrons. The topological polar surface area (TPSA) is 23.8 Å². The molecule has 23 heavy (non-hydrogen) atoms. The van der Waals surface area contributed by atoms with E-state index >= 15 is 0 Å². The van der Waals surface area contributed by atoms with Gasteiger partial charge in [0.15, 0.2) is 5.83 Å². The molecule has 0 bridgehead atoms. The summed E-state index contributed by atoms with van der Waals surface area (Å²) < 4.78 is 12.7. The number of halogens is 1. The van der Waals surface area contributed by atoms with Crippen LogP contribution in [0.3, 0.4) is 0 Å². The van der Waals surface area contributed by atoms with Crippen LogP contribution < -0.4 is 0 Å². The third kappa shape index (κ3) is 6.02. The fourth-order valence-corrected chi connectivity index (χ4v) is 3.32. The van der Waals surface area contributed by atoms with E-state index in [-0.39, 0.29) is 0 Å². The number of nitrogens with zero attached hydrogens (tertiary/aromatic N) is 1. The van der Waals surface area contributed by atoms with Crippen molar-refractivity contribution in [3.63, 3.8) is 0 Å². The second-order valence-electron chi connectivity index (χ2n) is 6.50. The fraction of sp³-hybridized carbons (Fsp3) is 0.476. The van der Waals surface area contributed by atoms with Crippen LogP contribution in [-0.2, 0) is 12.8 Å². The number of aryl methyl sites for hydroxylation is 2. The first-order valence-corrected chi connectivity index (χ1v) is 8.73. The molecule has 0 aromatic heterocycles. The molecule has 0 aliphatic heterocycles. The predicted octanol–water partition coefficient (Wildman–Crippen LogP) is 5.92. The zero-order chi connectivity index (χ0) is 16.5. The standard InChI is InChI=1S/C21H26FN/c1-2-17-6-8-19(9-7-17)14-15-20-12-10-18(11-13-20)4-3-5-21(22)16-23/h3-9,18,20H,2,10-15H2,1H3. The van der Waals surface area contributed by atoms with Gasteiger partial charge in [-0.25, -0.2) is 0 Å². The van der Waals surface area contributed by atoms with Gasteiger partial charge in [-0.2, -0.15) is 9.65 Å². The Bertz CT molecular complexity index is 569. The highest BCUT2D eigenvalue weighted by Crippen LogP contribution is 2.32. The lowest BCUT2D eigenvalue weighted by atomic mass is 9.79. The summed E-state index contributed by atoms with van der Waals surface area (Å²) in [5.74, 6) is 0.638. The van der Waals surface area contributed by atoms with Crippen molar-refractivity contribution in [2.24, 2.45) is 11.8 Å². The van der Waals surface area contributed by atoms with Crippen molar-refractivity contribution in [3.8, 4) is 6.07 Å². The van der Waals surface area contributed by atoms with Gasteiger partial charge in [0.2, 0.25) is 0 Å². The van der Waals surface area contributed by atoms with Crippen LogP contribution in [0, 0.1) is 23.2 Å². The highest BCUT2D eigenvalue weighted by atomic mass is 19.1. The highest BCUT2D eigenvalue weighted by Gasteiger charge is 2.19. The lowest BCUT2D eigenvalue weighted by Gasteiger charge is -2.26. The summed E-state index contributed by atoms with van der Waals surface area (Å²) in [5, 5.41) is 8.36. The van der Waals surface area contributed by atoms with Gasteiger partial charge in [-0.15, -0.1) is 0 Å². The molecular weight excluding hydrogens is 285 g/mol. The summed E-state index contributed by atoms with van der Waals surface area (Å²) in [6.45, 7) is 2.19. The van der Waals surface area contributed by atoms with E-state index in [0.29, 0.717) is 5.92 Å². The van der Waals surface area contributed by atoms with Gasteiger partial charge in [-0.1, -0.05) is 43.3 Å². The van der Waals surface area contributed by atoms with E-state index in [9.17, 15) is 4.39 Å². The van der Waals surface area contributed by atoms with Gasteiger partial charge >= 0.3 is 0 Å². The molecule has 0 saturated heterocycles. The second kappa shape index (κ2) is 9.30. The van der Waals surface area contributed by atoms with E-state index in [2.05, 4.69) is 37.3 Å². The van der Waals surface area contributed by atoms with Crippen LogP contribution in [0.2, 0.25) is 0 Å². The Labute approximate surface area is 139 Å². The van der Waals surface area contributed by atoms with Gasteiger partial charge in [0.25, 0.3) is 0 Å². The van der Waals surface area contributed by atoms with Crippen LogP contribution in [0.4, 0.5) is 4.39 Å². The van der Waals surface area contributed by atoms with Crippen LogP contribution in [0.15, 0.2) is 48.3 Å². The first-order chi connectivity index (χ1) is 11.2.